The Bertz CT molecular complexity index is 619. The van der Waals surface area contributed by atoms with Crippen LogP contribution in [0.3, 0.4) is 0 Å². The number of aromatic nitrogens is 5. The van der Waals surface area contributed by atoms with Crippen LogP contribution in [0.4, 0.5) is 0 Å². The van der Waals surface area contributed by atoms with Crippen LogP contribution in [0.1, 0.15) is 36.3 Å². The lowest BCUT2D eigenvalue weighted by Gasteiger charge is -2.06. The van der Waals surface area contributed by atoms with Crippen LogP contribution in [0.15, 0.2) is 5.16 Å². The van der Waals surface area contributed by atoms with Crippen LogP contribution in [0.2, 0.25) is 5.15 Å². The van der Waals surface area contributed by atoms with E-state index in [4.69, 9.17) is 11.6 Å². The SMILES string of the molecule is Cc1nn(C)c(Cl)c1CSc1nnc2n1CCCCC2. The monoisotopic (exact) mass is 311 g/mol. The zero-order valence-corrected chi connectivity index (χ0v) is 13.3. The molecule has 0 aromatic carbocycles. The summed E-state index contributed by atoms with van der Waals surface area (Å²) in [6, 6.07) is 0. The van der Waals surface area contributed by atoms with E-state index < -0.39 is 0 Å². The molecule has 0 saturated heterocycles. The topological polar surface area (TPSA) is 48.5 Å². The molecule has 0 fully saturated rings. The largest absolute Gasteiger partial charge is 0.306 e. The van der Waals surface area contributed by atoms with Crippen LogP contribution in [0.5, 0.6) is 0 Å². The zero-order chi connectivity index (χ0) is 14.1. The van der Waals surface area contributed by atoms with E-state index in [-0.39, 0.29) is 0 Å². The molecule has 0 aliphatic carbocycles. The van der Waals surface area contributed by atoms with Crippen molar-refractivity contribution in [2.45, 2.75) is 50.1 Å². The number of hydrogen-bond donors (Lipinski definition) is 0. The van der Waals surface area contributed by atoms with Crippen LogP contribution in [-0.2, 0) is 25.8 Å². The molecule has 1 aliphatic heterocycles. The number of thioether (sulfide) groups is 1. The van der Waals surface area contributed by atoms with Crippen molar-refractivity contribution in [3.8, 4) is 0 Å². The summed E-state index contributed by atoms with van der Waals surface area (Å²) in [4.78, 5) is 0. The molecule has 0 radical (unpaired) electrons. The molecule has 20 heavy (non-hydrogen) atoms. The quantitative estimate of drug-likeness (QED) is 0.818. The number of halogens is 1. The maximum Gasteiger partial charge on any atom is 0.191 e. The Hall–Kier alpha value is -1.01. The predicted octanol–water partition coefficient (Wildman–Crippen LogP) is 2.99. The van der Waals surface area contributed by atoms with E-state index >= 15 is 0 Å². The normalized spacial score (nSPS) is 15.2. The summed E-state index contributed by atoms with van der Waals surface area (Å²) in [6.45, 7) is 3.02. The zero-order valence-electron chi connectivity index (χ0n) is 11.8. The van der Waals surface area contributed by atoms with Crippen molar-refractivity contribution >= 4 is 23.4 Å². The van der Waals surface area contributed by atoms with E-state index in [1.165, 1.54) is 19.3 Å². The van der Waals surface area contributed by atoms with Gasteiger partial charge in [-0.15, -0.1) is 10.2 Å². The minimum atomic E-state index is 0.714. The minimum absolute atomic E-state index is 0.714. The van der Waals surface area contributed by atoms with Crippen molar-refractivity contribution in [3.05, 3.63) is 22.2 Å². The minimum Gasteiger partial charge on any atom is -0.306 e. The van der Waals surface area contributed by atoms with Gasteiger partial charge in [-0.05, 0) is 19.8 Å². The average Bonchev–Trinajstić information content (AvgIpc) is 2.80. The molecule has 3 heterocycles. The standard InChI is InChI=1S/C13H18ClN5S/c1-9-10(12(14)18(2)17-9)8-20-13-16-15-11-6-4-3-5-7-19(11)13/h3-8H2,1-2H3. The van der Waals surface area contributed by atoms with Crippen LogP contribution < -0.4 is 0 Å². The Morgan fingerprint density at radius 1 is 1.25 bits per heavy atom. The predicted molar refractivity (Wildman–Crippen MR) is 80.1 cm³/mol. The molecular formula is C13H18ClN5S. The molecule has 0 saturated carbocycles. The van der Waals surface area contributed by atoms with Crippen molar-refractivity contribution in [2.75, 3.05) is 0 Å². The summed E-state index contributed by atoms with van der Waals surface area (Å²) in [5.74, 6) is 1.91. The van der Waals surface area contributed by atoms with Gasteiger partial charge < -0.3 is 4.57 Å². The first-order valence-corrected chi connectivity index (χ1v) is 8.26. The van der Waals surface area contributed by atoms with Gasteiger partial charge in [-0.3, -0.25) is 4.68 Å². The van der Waals surface area contributed by atoms with E-state index in [2.05, 4.69) is 19.9 Å². The van der Waals surface area contributed by atoms with Gasteiger partial charge in [0.15, 0.2) is 5.16 Å². The van der Waals surface area contributed by atoms with Crippen molar-refractivity contribution in [1.82, 2.24) is 24.5 Å². The summed E-state index contributed by atoms with van der Waals surface area (Å²) in [5.41, 5.74) is 2.07. The van der Waals surface area contributed by atoms with Crippen molar-refractivity contribution in [2.24, 2.45) is 7.05 Å². The summed E-state index contributed by atoms with van der Waals surface area (Å²) in [5, 5.41) is 14.7. The third kappa shape index (κ3) is 2.59. The average molecular weight is 312 g/mol. The molecule has 5 nitrogen and oxygen atoms in total. The van der Waals surface area contributed by atoms with Crippen LogP contribution in [0, 0.1) is 6.92 Å². The molecule has 2 aromatic heterocycles. The molecule has 3 rings (SSSR count). The van der Waals surface area contributed by atoms with Gasteiger partial charge in [0.2, 0.25) is 0 Å². The Kier molecular flexibility index (Phi) is 4.03. The summed E-state index contributed by atoms with van der Waals surface area (Å²) in [7, 11) is 1.87. The molecule has 0 spiro atoms. The number of aryl methyl sites for hydroxylation is 3. The van der Waals surface area contributed by atoms with E-state index in [0.717, 1.165) is 41.0 Å². The van der Waals surface area contributed by atoms with Crippen LogP contribution >= 0.6 is 23.4 Å². The lowest BCUT2D eigenvalue weighted by Crippen LogP contribution is -2.02. The molecule has 0 N–H and O–H groups in total. The van der Waals surface area contributed by atoms with Gasteiger partial charge in [0.05, 0.1) is 5.69 Å². The van der Waals surface area contributed by atoms with Crippen LogP contribution in [-0.4, -0.2) is 24.5 Å². The second kappa shape index (κ2) is 5.77. The molecule has 108 valence electrons. The number of rotatable bonds is 3. The molecule has 0 amide bonds. The number of nitrogens with zero attached hydrogens (tertiary/aromatic N) is 5. The number of hydrogen-bond acceptors (Lipinski definition) is 4. The van der Waals surface area contributed by atoms with Crippen molar-refractivity contribution in [1.29, 1.82) is 0 Å². The van der Waals surface area contributed by atoms with E-state index in [9.17, 15) is 0 Å². The fourth-order valence-electron chi connectivity index (χ4n) is 2.54. The van der Waals surface area contributed by atoms with Gasteiger partial charge in [0.1, 0.15) is 11.0 Å². The first-order chi connectivity index (χ1) is 9.66. The molecule has 7 heteroatoms. The molecule has 0 bridgehead atoms. The van der Waals surface area contributed by atoms with Crippen molar-refractivity contribution < 1.29 is 0 Å². The molecule has 0 atom stereocenters. The van der Waals surface area contributed by atoms with Gasteiger partial charge in [-0.25, -0.2) is 0 Å². The van der Waals surface area contributed by atoms with E-state index in [1.54, 1.807) is 16.4 Å². The maximum absolute atomic E-state index is 6.27. The van der Waals surface area contributed by atoms with Crippen molar-refractivity contribution in [3.63, 3.8) is 0 Å². The summed E-state index contributed by atoms with van der Waals surface area (Å²) < 4.78 is 3.98. The van der Waals surface area contributed by atoms with Gasteiger partial charge in [0, 0.05) is 31.3 Å². The van der Waals surface area contributed by atoms with Gasteiger partial charge in [0.25, 0.3) is 0 Å². The molecule has 0 unspecified atom stereocenters. The Labute approximate surface area is 127 Å². The fraction of sp³-hybridized carbons (Fsp3) is 0.615. The smallest absolute Gasteiger partial charge is 0.191 e. The Balaban J connectivity index is 1.77. The summed E-state index contributed by atoms with van der Waals surface area (Å²) >= 11 is 7.97. The highest BCUT2D eigenvalue weighted by atomic mass is 35.5. The third-order valence-electron chi connectivity index (χ3n) is 3.69. The highest BCUT2D eigenvalue weighted by Gasteiger charge is 2.17. The highest BCUT2D eigenvalue weighted by Crippen LogP contribution is 2.29. The lowest BCUT2D eigenvalue weighted by atomic mass is 10.2. The maximum atomic E-state index is 6.27. The first-order valence-electron chi connectivity index (χ1n) is 6.89. The summed E-state index contributed by atoms with van der Waals surface area (Å²) in [6.07, 6.45) is 4.75. The second-order valence-electron chi connectivity index (χ2n) is 5.13. The Morgan fingerprint density at radius 2 is 2.10 bits per heavy atom. The van der Waals surface area contributed by atoms with E-state index in [1.807, 2.05) is 14.0 Å². The Morgan fingerprint density at radius 3 is 2.85 bits per heavy atom. The third-order valence-corrected chi connectivity index (χ3v) is 5.16. The van der Waals surface area contributed by atoms with Crippen LogP contribution in [0.25, 0.3) is 0 Å². The second-order valence-corrected chi connectivity index (χ2v) is 6.43. The molecule has 2 aromatic rings. The molecular weight excluding hydrogens is 294 g/mol. The number of fused-ring (bicyclic) bond motifs is 1. The molecule has 1 aliphatic rings. The van der Waals surface area contributed by atoms with E-state index in [0.29, 0.717) is 5.15 Å². The highest BCUT2D eigenvalue weighted by molar-refractivity contribution is 7.98. The van der Waals surface area contributed by atoms with Gasteiger partial charge in [-0.2, -0.15) is 5.10 Å². The first kappa shape index (κ1) is 13.9. The van der Waals surface area contributed by atoms with Gasteiger partial charge in [-0.1, -0.05) is 29.8 Å². The van der Waals surface area contributed by atoms with Gasteiger partial charge >= 0.3 is 0 Å². The lowest BCUT2D eigenvalue weighted by molar-refractivity contribution is 0.591. The fourth-order valence-corrected chi connectivity index (χ4v) is 3.93.